The molecule has 21 heavy (non-hydrogen) atoms. The van der Waals surface area contributed by atoms with E-state index in [9.17, 15) is 4.79 Å². The van der Waals surface area contributed by atoms with Crippen molar-refractivity contribution in [3.8, 4) is 5.75 Å². The zero-order chi connectivity index (χ0) is 14.7. The van der Waals surface area contributed by atoms with Crippen molar-refractivity contribution in [3.63, 3.8) is 0 Å². The third kappa shape index (κ3) is 3.16. The highest BCUT2D eigenvalue weighted by Crippen LogP contribution is 2.37. The zero-order valence-corrected chi connectivity index (χ0v) is 12.8. The normalized spacial score (nSPS) is 20.7. The Kier molecular flexibility index (Phi) is 4.36. The zero-order valence-electron chi connectivity index (χ0n) is 12.0. The van der Waals surface area contributed by atoms with E-state index in [0.717, 1.165) is 25.7 Å². The van der Waals surface area contributed by atoms with Crippen molar-refractivity contribution in [2.24, 2.45) is 0 Å². The summed E-state index contributed by atoms with van der Waals surface area (Å²) in [4.78, 5) is 14.3. The van der Waals surface area contributed by atoms with Crippen molar-refractivity contribution in [2.75, 3.05) is 19.8 Å². The molecule has 1 saturated carbocycles. The Bertz CT molecular complexity index is 497. The monoisotopic (exact) mass is 309 g/mol. The van der Waals surface area contributed by atoms with Gasteiger partial charge >= 0.3 is 0 Å². The first-order valence-electron chi connectivity index (χ1n) is 7.52. The van der Waals surface area contributed by atoms with Crippen LogP contribution in [0.1, 0.15) is 32.1 Å². The van der Waals surface area contributed by atoms with Crippen molar-refractivity contribution in [1.82, 2.24) is 4.90 Å². The number of benzene rings is 1. The molecular formula is C16H20ClNO3. The smallest absolute Gasteiger partial charge is 0.262 e. The van der Waals surface area contributed by atoms with Gasteiger partial charge in [-0.1, -0.05) is 18.0 Å². The van der Waals surface area contributed by atoms with Crippen LogP contribution in [0.5, 0.6) is 5.75 Å². The van der Waals surface area contributed by atoms with Crippen LogP contribution in [0.3, 0.4) is 0 Å². The van der Waals surface area contributed by atoms with Gasteiger partial charge in [-0.25, -0.2) is 0 Å². The number of nitrogens with zero attached hydrogens (tertiary/aromatic N) is 1. The van der Waals surface area contributed by atoms with Crippen molar-refractivity contribution in [2.45, 2.75) is 37.8 Å². The first-order valence-corrected chi connectivity index (χ1v) is 7.90. The summed E-state index contributed by atoms with van der Waals surface area (Å²) >= 11 is 5.83. The number of halogens is 1. The van der Waals surface area contributed by atoms with E-state index in [2.05, 4.69) is 0 Å². The summed E-state index contributed by atoms with van der Waals surface area (Å²) in [5.74, 6) is 0.662. The Morgan fingerprint density at radius 1 is 1.24 bits per heavy atom. The number of rotatable bonds is 3. The molecule has 0 N–H and O–H groups in total. The fourth-order valence-corrected chi connectivity index (χ4v) is 3.36. The fourth-order valence-electron chi connectivity index (χ4n) is 3.23. The van der Waals surface area contributed by atoms with E-state index in [1.807, 2.05) is 4.90 Å². The lowest BCUT2D eigenvalue weighted by atomic mass is 9.90. The molecule has 2 aliphatic rings. The quantitative estimate of drug-likeness (QED) is 0.860. The number of ether oxygens (including phenoxy) is 2. The maximum Gasteiger partial charge on any atom is 0.262 e. The van der Waals surface area contributed by atoms with Crippen LogP contribution in [0.2, 0.25) is 5.02 Å². The molecule has 3 rings (SSSR count). The first-order chi connectivity index (χ1) is 10.2. The van der Waals surface area contributed by atoms with Gasteiger partial charge in [0.25, 0.3) is 5.91 Å². The molecule has 2 fully saturated rings. The molecule has 0 atom stereocenters. The van der Waals surface area contributed by atoms with Crippen LogP contribution >= 0.6 is 11.6 Å². The van der Waals surface area contributed by atoms with Gasteiger partial charge < -0.3 is 14.4 Å². The summed E-state index contributed by atoms with van der Waals surface area (Å²) in [6.45, 7) is 1.35. The molecule has 1 heterocycles. The van der Waals surface area contributed by atoms with E-state index in [1.54, 1.807) is 24.3 Å². The molecule has 0 unspecified atom stereocenters. The summed E-state index contributed by atoms with van der Waals surface area (Å²) in [5.41, 5.74) is -0.362. The lowest BCUT2D eigenvalue weighted by Crippen LogP contribution is -2.50. The summed E-state index contributed by atoms with van der Waals surface area (Å²) < 4.78 is 11.5. The van der Waals surface area contributed by atoms with Crippen LogP contribution < -0.4 is 4.74 Å². The molecule has 1 saturated heterocycles. The molecule has 0 bridgehead atoms. The molecule has 5 heteroatoms. The van der Waals surface area contributed by atoms with E-state index >= 15 is 0 Å². The van der Waals surface area contributed by atoms with Crippen molar-refractivity contribution < 1.29 is 14.3 Å². The minimum absolute atomic E-state index is 0.00403. The predicted octanol–water partition coefficient (Wildman–Crippen LogP) is 3.24. The van der Waals surface area contributed by atoms with Crippen LogP contribution in [0.15, 0.2) is 24.3 Å². The molecular weight excluding hydrogens is 290 g/mol. The summed E-state index contributed by atoms with van der Waals surface area (Å²) in [6.07, 6.45) is 5.37. The average Bonchev–Trinajstić information content (AvgIpc) is 2.90. The molecule has 1 aromatic carbocycles. The van der Waals surface area contributed by atoms with Crippen LogP contribution in [0.4, 0.5) is 0 Å². The number of carbonyl (C=O) groups excluding carboxylic acids is 1. The predicted molar refractivity (Wildman–Crippen MR) is 80.4 cm³/mol. The molecule has 1 aromatic rings. The Labute approximate surface area is 130 Å². The number of hydrogen-bond acceptors (Lipinski definition) is 3. The Balaban J connectivity index is 1.60. The van der Waals surface area contributed by atoms with E-state index in [4.69, 9.17) is 21.1 Å². The standard InChI is InChI=1S/C16H20ClNO3/c17-13-4-6-14(7-5-13)20-12-15(19)18-10-11-21-16(18)8-2-1-3-9-16/h4-7H,1-3,8-12H2. The van der Waals surface area contributed by atoms with Gasteiger partial charge in [0.05, 0.1) is 6.61 Å². The van der Waals surface area contributed by atoms with Gasteiger partial charge in [0.15, 0.2) is 6.61 Å². The van der Waals surface area contributed by atoms with Crippen molar-refractivity contribution in [3.05, 3.63) is 29.3 Å². The number of hydrogen-bond donors (Lipinski definition) is 0. The van der Waals surface area contributed by atoms with Crippen LogP contribution in [0.25, 0.3) is 0 Å². The van der Waals surface area contributed by atoms with Gasteiger partial charge in [-0.3, -0.25) is 4.79 Å². The molecule has 1 spiro atoms. The fraction of sp³-hybridized carbons (Fsp3) is 0.562. The molecule has 1 amide bonds. The van der Waals surface area contributed by atoms with E-state index in [-0.39, 0.29) is 18.2 Å². The summed E-state index contributed by atoms with van der Waals surface area (Å²) in [6, 6.07) is 7.05. The molecule has 0 radical (unpaired) electrons. The van der Waals surface area contributed by atoms with Crippen molar-refractivity contribution >= 4 is 17.5 Å². The second kappa shape index (κ2) is 6.24. The topological polar surface area (TPSA) is 38.8 Å². The average molecular weight is 310 g/mol. The highest BCUT2D eigenvalue weighted by atomic mass is 35.5. The third-order valence-electron chi connectivity index (χ3n) is 4.29. The summed E-state index contributed by atoms with van der Waals surface area (Å²) in [7, 11) is 0. The maximum absolute atomic E-state index is 12.5. The van der Waals surface area contributed by atoms with Crippen LogP contribution in [0, 0.1) is 0 Å². The molecule has 4 nitrogen and oxygen atoms in total. The summed E-state index contributed by atoms with van der Waals surface area (Å²) in [5, 5.41) is 0.655. The van der Waals surface area contributed by atoms with E-state index in [1.165, 1.54) is 6.42 Å². The highest BCUT2D eigenvalue weighted by molar-refractivity contribution is 6.30. The Morgan fingerprint density at radius 2 is 1.95 bits per heavy atom. The lowest BCUT2D eigenvalue weighted by molar-refractivity contribution is -0.157. The van der Waals surface area contributed by atoms with Crippen molar-refractivity contribution in [1.29, 1.82) is 0 Å². The Morgan fingerprint density at radius 3 is 2.67 bits per heavy atom. The van der Waals surface area contributed by atoms with Gasteiger partial charge in [-0.2, -0.15) is 0 Å². The van der Waals surface area contributed by atoms with E-state index in [0.29, 0.717) is 23.9 Å². The van der Waals surface area contributed by atoms with Gasteiger partial charge in [-0.05, 0) is 49.9 Å². The van der Waals surface area contributed by atoms with Crippen LogP contribution in [-0.4, -0.2) is 36.3 Å². The minimum atomic E-state index is -0.362. The second-order valence-electron chi connectivity index (χ2n) is 5.64. The lowest BCUT2D eigenvalue weighted by Gasteiger charge is -2.39. The highest BCUT2D eigenvalue weighted by Gasteiger charge is 2.45. The molecule has 1 aliphatic carbocycles. The largest absolute Gasteiger partial charge is 0.484 e. The minimum Gasteiger partial charge on any atom is -0.484 e. The molecule has 0 aromatic heterocycles. The first kappa shape index (κ1) is 14.7. The Hall–Kier alpha value is -1.26. The van der Waals surface area contributed by atoms with Gasteiger partial charge in [0, 0.05) is 11.6 Å². The third-order valence-corrected chi connectivity index (χ3v) is 4.54. The van der Waals surface area contributed by atoms with Gasteiger partial charge in [-0.15, -0.1) is 0 Å². The molecule has 1 aliphatic heterocycles. The number of carbonyl (C=O) groups is 1. The SMILES string of the molecule is O=C(COc1ccc(Cl)cc1)N1CCOC12CCCCC2. The number of amides is 1. The van der Waals surface area contributed by atoms with Gasteiger partial charge in [0.1, 0.15) is 11.5 Å². The van der Waals surface area contributed by atoms with Gasteiger partial charge in [0.2, 0.25) is 0 Å². The van der Waals surface area contributed by atoms with E-state index < -0.39 is 0 Å². The van der Waals surface area contributed by atoms with Crippen LogP contribution in [-0.2, 0) is 9.53 Å². The maximum atomic E-state index is 12.5. The molecule has 114 valence electrons. The second-order valence-corrected chi connectivity index (χ2v) is 6.08.